The van der Waals surface area contributed by atoms with Gasteiger partial charge in [-0.2, -0.15) is 0 Å². The van der Waals surface area contributed by atoms with Crippen LogP contribution in [0.25, 0.3) is 0 Å². The summed E-state index contributed by atoms with van der Waals surface area (Å²) in [4.78, 5) is 20.0. The van der Waals surface area contributed by atoms with E-state index in [0.717, 1.165) is 25.7 Å². The van der Waals surface area contributed by atoms with Crippen LogP contribution in [-0.4, -0.2) is 28.2 Å². The van der Waals surface area contributed by atoms with Crippen LogP contribution in [0.5, 0.6) is 0 Å². The van der Waals surface area contributed by atoms with Crippen LogP contribution < -0.4 is 5.73 Å². The third kappa shape index (κ3) is 9.88. The lowest BCUT2D eigenvalue weighted by Gasteiger charge is -2.69. The van der Waals surface area contributed by atoms with Crippen molar-refractivity contribution in [2.75, 3.05) is 0 Å². The Morgan fingerprint density at radius 1 is 1.00 bits per heavy atom. The predicted octanol–water partition coefficient (Wildman–Crippen LogP) is 11.9. The second-order valence-electron chi connectivity index (χ2n) is 18.6. The van der Waals surface area contributed by atoms with Gasteiger partial charge in [0.05, 0.1) is 6.42 Å². The van der Waals surface area contributed by atoms with Crippen molar-refractivity contribution < 1.29 is 19.8 Å². The SMILES string of the molecule is C=C(C)[C@H](CC)C1C(C)CC[C@@]2(C)C(C)(CCC(C(C)(C)C)C(C)(C)C(CC)CC(C)(C)CC(=O)O)C(C)CC[C@]12N.CC.O=CO. The maximum absolute atomic E-state index is 11.7. The van der Waals surface area contributed by atoms with E-state index in [9.17, 15) is 9.90 Å². The van der Waals surface area contributed by atoms with Gasteiger partial charge in [0.25, 0.3) is 6.47 Å². The minimum absolute atomic E-state index is 0.0813. The molecule has 2 aliphatic rings. The molecule has 2 rings (SSSR count). The van der Waals surface area contributed by atoms with Gasteiger partial charge in [-0.3, -0.25) is 9.59 Å². The molecule has 4 N–H and O–H groups in total. The molecule has 47 heavy (non-hydrogen) atoms. The lowest BCUT2D eigenvalue weighted by Crippen LogP contribution is -2.72. The van der Waals surface area contributed by atoms with Crippen LogP contribution in [0, 0.1) is 62.6 Å². The summed E-state index contributed by atoms with van der Waals surface area (Å²) in [6.45, 7) is 41.9. The van der Waals surface area contributed by atoms with Gasteiger partial charge in [-0.05, 0) is 121 Å². The van der Waals surface area contributed by atoms with Crippen LogP contribution >= 0.6 is 0 Å². The normalized spacial score (nSPS) is 31.5. The number of fused-ring (bicyclic) bond motifs is 1. The number of aliphatic carboxylic acids is 1. The molecule has 0 saturated heterocycles. The zero-order chi connectivity index (χ0) is 37.4. The molecule has 2 fully saturated rings. The van der Waals surface area contributed by atoms with Crippen molar-refractivity contribution in [1.29, 1.82) is 0 Å². The average Bonchev–Trinajstić information content (AvgIpc) is 2.93. The van der Waals surface area contributed by atoms with Gasteiger partial charge in [-0.15, -0.1) is 0 Å². The number of rotatable bonds is 13. The Morgan fingerprint density at radius 2 is 1.51 bits per heavy atom. The second kappa shape index (κ2) is 17.5. The maximum Gasteiger partial charge on any atom is 0.303 e. The quantitative estimate of drug-likeness (QED) is 0.134. The van der Waals surface area contributed by atoms with Crippen LogP contribution in [0.3, 0.4) is 0 Å². The third-order valence-corrected chi connectivity index (χ3v) is 14.0. The summed E-state index contributed by atoms with van der Waals surface area (Å²) < 4.78 is 0. The highest BCUT2D eigenvalue weighted by Gasteiger charge is 2.66. The van der Waals surface area contributed by atoms with Crippen molar-refractivity contribution in [2.24, 2.45) is 68.3 Å². The van der Waals surface area contributed by atoms with Gasteiger partial charge in [0, 0.05) is 5.54 Å². The highest BCUT2D eigenvalue weighted by atomic mass is 16.4. The zero-order valence-electron chi connectivity index (χ0n) is 34.1. The van der Waals surface area contributed by atoms with Gasteiger partial charge >= 0.3 is 5.97 Å². The van der Waals surface area contributed by atoms with E-state index in [2.05, 4.69) is 104 Å². The zero-order valence-corrected chi connectivity index (χ0v) is 34.1. The van der Waals surface area contributed by atoms with Gasteiger partial charge in [0.15, 0.2) is 0 Å². The molecule has 5 nitrogen and oxygen atoms in total. The topological polar surface area (TPSA) is 101 Å². The van der Waals surface area contributed by atoms with Crippen LogP contribution in [0.2, 0.25) is 0 Å². The molecule has 0 aliphatic heterocycles. The molecule has 0 aromatic rings. The molecule has 9 atom stereocenters. The Hall–Kier alpha value is -1.36. The highest BCUT2D eigenvalue weighted by molar-refractivity contribution is 5.67. The fourth-order valence-corrected chi connectivity index (χ4v) is 11.3. The maximum atomic E-state index is 11.7. The smallest absolute Gasteiger partial charge is 0.303 e. The van der Waals surface area contributed by atoms with Gasteiger partial charge < -0.3 is 15.9 Å². The molecule has 2 saturated carbocycles. The third-order valence-electron chi connectivity index (χ3n) is 14.0. The first kappa shape index (κ1) is 45.6. The molecule has 0 radical (unpaired) electrons. The first-order valence-corrected chi connectivity index (χ1v) is 19.1. The van der Waals surface area contributed by atoms with E-state index < -0.39 is 5.97 Å². The summed E-state index contributed by atoms with van der Waals surface area (Å²) in [6.07, 6.45) is 10.6. The number of carboxylic acids is 1. The molecule has 5 heteroatoms. The molecule has 0 bridgehead atoms. The van der Waals surface area contributed by atoms with Crippen molar-refractivity contribution in [3.63, 3.8) is 0 Å². The molecule has 0 aromatic carbocycles. The molecule has 0 heterocycles. The van der Waals surface area contributed by atoms with E-state index in [-0.39, 0.29) is 45.5 Å². The van der Waals surface area contributed by atoms with Gasteiger partial charge in [0.2, 0.25) is 0 Å². The number of carboxylic acid groups (broad SMARTS) is 2. The molecule has 2 aliphatic carbocycles. The van der Waals surface area contributed by atoms with E-state index in [1.165, 1.54) is 37.7 Å². The number of carbonyl (C=O) groups is 2. The van der Waals surface area contributed by atoms with E-state index >= 15 is 0 Å². The molecule has 278 valence electrons. The number of hydrogen-bond acceptors (Lipinski definition) is 3. The van der Waals surface area contributed by atoms with Crippen LogP contribution in [-0.2, 0) is 9.59 Å². The highest BCUT2D eigenvalue weighted by Crippen LogP contribution is 2.68. The van der Waals surface area contributed by atoms with E-state index in [0.29, 0.717) is 35.5 Å². The number of allylic oxidation sites excluding steroid dienone is 1. The largest absolute Gasteiger partial charge is 0.483 e. The molecule has 6 unspecified atom stereocenters. The fourth-order valence-electron chi connectivity index (χ4n) is 11.3. The first-order valence-electron chi connectivity index (χ1n) is 19.1. The van der Waals surface area contributed by atoms with Gasteiger partial charge in [-0.1, -0.05) is 122 Å². The summed E-state index contributed by atoms with van der Waals surface area (Å²) in [5.74, 6) is 2.55. The Bertz CT molecular complexity index is 995. The van der Waals surface area contributed by atoms with Crippen molar-refractivity contribution in [3.8, 4) is 0 Å². The van der Waals surface area contributed by atoms with Gasteiger partial charge in [0.1, 0.15) is 0 Å². The van der Waals surface area contributed by atoms with Crippen LogP contribution in [0.4, 0.5) is 0 Å². The molecule has 0 amide bonds. The minimum atomic E-state index is -0.685. The summed E-state index contributed by atoms with van der Waals surface area (Å²) in [5.41, 5.74) is 9.27. The van der Waals surface area contributed by atoms with E-state index in [1.807, 2.05) is 13.8 Å². The average molecular weight is 664 g/mol. The fraction of sp³-hybridized carbons (Fsp3) is 0.905. The van der Waals surface area contributed by atoms with Crippen molar-refractivity contribution in [3.05, 3.63) is 12.2 Å². The van der Waals surface area contributed by atoms with Crippen molar-refractivity contribution in [2.45, 2.75) is 181 Å². The molecular formula is C42H81NO4. The van der Waals surface area contributed by atoms with E-state index in [1.54, 1.807) is 0 Å². The number of nitrogens with two attached hydrogens (primary N) is 1. The minimum Gasteiger partial charge on any atom is -0.483 e. The Labute approximate surface area is 292 Å². The lowest BCUT2D eigenvalue weighted by molar-refractivity contribution is -0.169. The first-order chi connectivity index (χ1) is 21.4. The summed E-state index contributed by atoms with van der Waals surface area (Å²) in [6, 6.07) is 0. The Kier molecular flexibility index (Phi) is 17.0. The van der Waals surface area contributed by atoms with Crippen molar-refractivity contribution >= 4 is 12.4 Å². The summed E-state index contributed by atoms with van der Waals surface area (Å²) in [7, 11) is 0. The van der Waals surface area contributed by atoms with Crippen LogP contribution in [0.15, 0.2) is 12.2 Å². The predicted molar refractivity (Wildman–Crippen MR) is 202 cm³/mol. The van der Waals surface area contributed by atoms with Gasteiger partial charge in [-0.25, -0.2) is 0 Å². The Morgan fingerprint density at radius 3 is 1.91 bits per heavy atom. The second-order valence-corrected chi connectivity index (χ2v) is 18.6. The molecule has 0 aromatic heterocycles. The van der Waals surface area contributed by atoms with Crippen LogP contribution in [0.1, 0.15) is 175 Å². The standard InChI is InChI=1S/C39H73NO2.C2H6.CH2O2/c1-16-29(24-35(10,11)25-32(41)42)36(12,13)31(34(7,8)9)20-21-37(14)28(6)19-23-39(40)33(30(17-2)26(3)4)27(5)18-22-38(37,39)15;1-2;2-1-3/h27-31,33H,3,16-25,40H2,1-2,4-15H3,(H,41,42);1-2H3;1H,(H,2,3)/t27?,28?,29?,30-,31?,33?,37?,38-,39-;;/m0../s1. The summed E-state index contributed by atoms with van der Waals surface area (Å²) in [5, 5.41) is 16.5. The molecular weight excluding hydrogens is 582 g/mol. The monoisotopic (exact) mass is 664 g/mol. The molecule has 0 spiro atoms. The van der Waals surface area contributed by atoms with E-state index in [4.69, 9.17) is 15.6 Å². The summed E-state index contributed by atoms with van der Waals surface area (Å²) >= 11 is 0. The number of hydrogen-bond donors (Lipinski definition) is 3. The van der Waals surface area contributed by atoms with Crippen molar-refractivity contribution in [1.82, 2.24) is 0 Å². The Balaban J connectivity index is 0.00000399. The lowest BCUT2D eigenvalue weighted by atomic mass is 9.37.